The number of amides is 2. The third kappa shape index (κ3) is 16.3. The number of H-pyrrole nitrogens is 1. The third-order valence-electron chi connectivity index (χ3n) is 11.8. The zero-order valence-electron chi connectivity index (χ0n) is 39.8. The van der Waals surface area contributed by atoms with Gasteiger partial charge in [0.2, 0.25) is 0 Å². The van der Waals surface area contributed by atoms with Gasteiger partial charge in [0.05, 0.1) is 71.1 Å². The summed E-state index contributed by atoms with van der Waals surface area (Å²) < 4.78 is 41.0. The zero-order valence-corrected chi connectivity index (χ0v) is 39.8. The maximum atomic E-state index is 13.2. The second-order valence-electron chi connectivity index (χ2n) is 18.1. The van der Waals surface area contributed by atoms with Gasteiger partial charge < -0.3 is 69.3 Å². The number of carbonyl (C=O) groups is 2. The minimum Gasteiger partial charge on any atom is -0.449 e. The number of aliphatic hydroxyl groups is 5. The van der Waals surface area contributed by atoms with Crippen molar-refractivity contribution in [2.24, 2.45) is 0 Å². The van der Waals surface area contributed by atoms with Crippen LogP contribution in [-0.2, 0) is 46.1 Å². The number of unbranched alkanes of at least 4 members (excludes halogenated alkanes) is 1. The van der Waals surface area contributed by atoms with E-state index in [0.717, 1.165) is 39.1 Å². The van der Waals surface area contributed by atoms with E-state index in [0.29, 0.717) is 85.0 Å². The van der Waals surface area contributed by atoms with Crippen molar-refractivity contribution in [2.75, 3.05) is 72.6 Å². The number of fused-ring (bicyclic) bond motifs is 3. The van der Waals surface area contributed by atoms with Crippen LogP contribution in [0.4, 0.5) is 9.59 Å². The number of nitrogens with zero attached hydrogens (tertiary/aromatic N) is 1. The SMILES string of the molecule is CC(C)(C)OC(=O)NCCCC[C@H](NC(=O)OCC1c2ccccc2-c2ccccc21)C(O)NCCOCCOCCOCCn1cc(-c2ccc(CCO[C@@H]3O[C@H](CO)[C@@H](O)[C@H](O)[C@H]3O)cc2)[nH]1. The lowest BCUT2D eigenvalue weighted by atomic mass is 9.98. The van der Waals surface area contributed by atoms with E-state index in [1.807, 2.05) is 59.4 Å². The maximum Gasteiger partial charge on any atom is 0.407 e. The van der Waals surface area contributed by atoms with Gasteiger partial charge in [-0.2, -0.15) is 0 Å². The molecule has 1 unspecified atom stereocenters. The van der Waals surface area contributed by atoms with E-state index >= 15 is 0 Å². The van der Waals surface area contributed by atoms with Crippen LogP contribution < -0.4 is 16.0 Å². The largest absolute Gasteiger partial charge is 0.449 e. The first-order valence-corrected chi connectivity index (χ1v) is 23.8. The average Bonchev–Trinajstić information content (AvgIpc) is 3.64. The van der Waals surface area contributed by atoms with Crippen LogP contribution in [0.1, 0.15) is 62.6 Å². The molecule has 1 aromatic heterocycles. The molecule has 0 spiro atoms. The first-order chi connectivity index (χ1) is 33.3. The van der Waals surface area contributed by atoms with Gasteiger partial charge in [-0.1, -0.05) is 72.8 Å². The normalized spacial score (nSPS) is 20.0. The highest BCUT2D eigenvalue weighted by atomic mass is 16.7. The Morgan fingerprint density at radius 1 is 0.783 bits per heavy atom. The number of aromatic nitrogens is 2. The number of aromatic amines is 1. The van der Waals surface area contributed by atoms with Crippen LogP contribution in [0.3, 0.4) is 0 Å². The second kappa shape index (κ2) is 26.9. The Morgan fingerprint density at radius 2 is 1.42 bits per heavy atom. The lowest BCUT2D eigenvalue weighted by Gasteiger charge is -2.39. The molecule has 19 heteroatoms. The van der Waals surface area contributed by atoms with Crippen molar-refractivity contribution in [3.8, 4) is 22.4 Å². The Balaban J connectivity index is 0.810. The third-order valence-corrected chi connectivity index (χ3v) is 11.8. The van der Waals surface area contributed by atoms with E-state index < -0.39 is 67.4 Å². The molecule has 1 aliphatic carbocycles. The van der Waals surface area contributed by atoms with Gasteiger partial charge in [0, 0.05) is 30.8 Å². The average molecular weight is 966 g/mol. The molecule has 0 radical (unpaired) electrons. The summed E-state index contributed by atoms with van der Waals surface area (Å²) in [6, 6.07) is 23.5. The molecule has 2 amide bonds. The lowest BCUT2D eigenvalue weighted by molar-refractivity contribution is -0.300. The fraction of sp³-hybridized carbons (Fsp3) is 0.560. The molecule has 7 atom stereocenters. The molecule has 19 nitrogen and oxygen atoms in total. The minimum atomic E-state index is -1.47. The summed E-state index contributed by atoms with van der Waals surface area (Å²) in [5.41, 5.74) is 6.86. The highest BCUT2D eigenvalue weighted by molar-refractivity contribution is 5.79. The monoisotopic (exact) mass is 965 g/mol. The van der Waals surface area contributed by atoms with Gasteiger partial charge in [0.25, 0.3) is 0 Å². The predicted octanol–water partition coefficient (Wildman–Crippen LogP) is 3.40. The Labute approximate surface area is 403 Å². The standard InChI is InChI=1S/C50H71N5O14/c1-50(2,3)69-48(61)52-20-9-8-14-40(53-49(62)67-32-39-37-12-6-4-10-35(37)36-11-5-7-13-38(36)39)46(60)51-21-24-63-26-28-65-29-27-64-25-22-55-30-41(54-55)34-17-15-33(16-18-34)19-23-66-47-45(59)44(58)43(57)42(31-56)68-47/h4-7,10-13,15-18,30,39-40,42-47,51,54,56-60H,8-9,14,19-29,31-32H2,1-3H3,(H,52,61)(H,53,62)/t40-,42+,43+,44-,45+,46?,47+/m0/s1. The topological polar surface area (TPSA) is 257 Å². The fourth-order valence-electron chi connectivity index (χ4n) is 8.13. The first kappa shape index (κ1) is 53.5. The number of nitrogens with one attached hydrogen (secondary N) is 4. The summed E-state index contributed by atoms with van der Waals surface area (Å²) in [4.78, 5) is 25.3. The van der Waals surface area contributed by atoms with Gasteiger partial charge in [-0.3, -0.25) is 15.1 Å². The Hall–Kier alpha value is -4.90. The molecule has 380 valence electrons. The molecule has 6 rings (SSSR count). The van der Waals surface area contributed by atoms with Gasteiger partial charge in [-0.15, -0.1) is 0 Å². The number of carbonyl (C=O) groups excluding carboxylic acids is 2. The van der Waals surface area contributed by atoms with Crippen molar-refractivity contribution >= 4 is 12.2 Å². The molecule has 1 fully saturated rings. The lowest BCUT2D eigenvalue weighted by Crippen LogP contribution is -2.59. The second-order valence-corrected chi connectivity index (χ2v) is 18.1. The van der Waals surface area contributed by atoms with Gasteiger partial charge in [-0.25, -0.2) is 9.59 Å². The molecule has 3 aromatic carbocycles. The number of alkyl carbamates (subject to hydrolysis) is 2. The van der Waals surface area contributed by atoms with E-state index in [1.54, 1.807) is 20.8 Å². The molecule has 69 heavy (non-hydrogen) atoms. The highest BCUT2D eigenvalue weighted by Crippen LogP contribution is 2.44. The minimum absolute atomic E-state index is 0.0989. The molecule has 2 aliphatic rings. The number of rotatable bonds is 28. The van der Waals surface area contributed by atoms with Crippen molar-refractivity contribution < 1.29 is 68.3 Å². The van der Waals surface area contributed by atoms with Crippen LogP contribution in [-0.4, -0.2) is 169 Å². The van der Waals surface area contributed by atoms with E-state index in [-0.39, 0.29) is 19.1 Å². The molecule has 0 saturated carbocycles. The molecule has 1 saturated heterocycles. The Bertz CT molecular complexity index is 2080. The van der Waals surface area contributed by atoms with Crippen LogP contribution >= 0.6 is 0 Å². The summed E-state index contributed by atoms with van der Waals surface area (Å²) in [5.74, 6) is -0.0989. The van der Waals surface area contributed by atoms with Gasteiger partial charge in [0.15, 0.2) is 6.29 Å². The first-order valence-electron chi connectivity index (χ1n) is 23.8. The number of benzene rings is 3. The van der Waals surface area contributed by atoms with Crippen LogP contribution in [0.25, 0.3) is 22.4 Å². The molecule has 0 bridgehead atoms. The molecule has 4 aromatic rings. The van der Waals surface area contributed by atoms with E-state index in [4.69, 9.17) is 33.2 Å². The van der Waals surface area contributed by atoms with Crippen LogP contribution in [0, 0.1) is 0 Å². The highest BCUT2D eigenvalue weighted by Gasteiger charge is 2.44. The summed E-state index contributed by atoms with van der Waals surface area (Å²) in [7, 11) is 0. The molecule has 2 heterocycles. The quantitative estimate of drug-likeness (QED) is 0.0292. The van der Waals surface area contributed by atoms with E-state index in [9.17, 15) is 35.1 Å². The van der Waals surface area contributed by atoms with Crippen molar-refractivity contribution in [3.05, 3.63) is 95.7 Å². The molecule has 1 aliphatic heterocycles. The molecule has 9 N–H and O–H groups in total. The Morgan fingerprint density at radius 3 is 2.07 bits per heavy atom. The number of aliphatic hydroxyl groups excluding tert-OH is 5. The van der Waals surface area contributed by atoms with Gasteiger partial charge in [-0.05, 0) is 74.3 Å². The molecular formula is C50H71N5O14. The summed E-state index contributed by atoms with van der Waals surface area (Å²) in [6.07, 6.45) is -4.53. The van der Waals surface area contributed by atoms with Crippen LogP contribution in [0.2, 0.25) is 0 Å². The van der Waals surface area contributed by atoms with Crippen LogP contribution in [0.5, 0.6) is 0 Å². The maximum absolute atomic E-state index is 13.2. The van der Waals surface area contributed by atoms with Crippen LogP contribution in [0.15, 0.2) is 79.0 Å². The van der Waals surface area contributed by atoms with Crippen molar-refractivity contribution in [1.82, 2.24) is 25.7 Å². The Kier molecular flexibility index (Phi) is 20.8. The van der Waals surface area contributed by atoms with Gasteiger partial charge in [0.1, 0.15) is 42.9 Å². The van der Waals surface area contributed by atoms with Crippen molar-refractivity contribution in [3.63, 3.8) is 0 Å². The summed E-state index contributed by atoms with van der Waals surface area (Å²) >= 11 is 0. The summed E-state index contributed by atoms with van der Waals surface area (Å²) in [6.45, 7) is 8.97. The summed E-state index contributed by atoms with van der Waals surface area (Å²) in [5, 5.41) is 62.4. The van der Waals surface area contributed by atoms with E-state index in [2.05, 4.69) is 45.3 Å². The smallest absolute Gasteiger partial charge is 0.407 e. The number of hydrogen-bond acceptors (Lipinski definition) is 15. The van der Waals surface area contributed by atoms with Gasteiger partial charge >= 0.3 is 12.2 Å². The van der Waals surface area contributed by atoms with Crippen molar-refractivity contribution in [2.45, 2.75) is 107 Å². The molecular weight excluding hydrogens is 895 g/mol. The number of ether oxygens (including phenoxy) is 7. The van der Waals surface area contributed by atoms with Crippen molar-refractivity contribution in [1.29, 1.82) is 0 Å². The predicted molar refractivity (Wildman–Crippen MR) is 254 cm³/mol. The number of hydrogen-bond donors (Lipinski definition) is 9. The van der Waals surface area contributed by atoms with E-state index in [1.165, 1.54) is 0 Å². The fourth-order valence-corrected chi connectivity index (χ4v) is 8.13. The zero-order chi connectivity index (χ0) is 49.2.